The first-order chi connectivity index (χ1) is 14.5. The van der Waals surface area contributed by atoms with E-state index in [2.05, 4.69) is 10.5 Å². The summed E-state index contributed by atoms with van der Waals surface area (Å²) >= 11 is 6.06. The average Bonchev–Trinajstić information content (AvgIpc) is 2.75. The molecule has 0 spiro atoms. The van der Waals surface area contributed by atoms with Crippen molar-refractivity contribution < 1.29 is 19.1 Å². The fourth-order valence-corrected chi connectivity index (χ4v) is 2.79. The third-order valence-corrected chi connectivity index (χ3v) is 4.39. The highest BCUT2D eigenvalue weighted by atomic mass is 35.5. The lowest BCUT2D eigenvalue weighted by Gasteiger charge is -2.08. The number of methoxy groups -OCH3 is 1. The number of nitrogens with one attached hydrogen (secondary N) is 1. The normalized spacial score (nSPS) is 10.6. The van der Waals surface area contributed by atoms with Gasteiger partial charge in [0.1, 0.15) is 11.5 Å². The van der Waals surface area contributed by atoms with Gasteiger partial charge in [-0.05, 0) is 61.5 Å². The Kier molecular flexibility index (Phi) is 6.83. The van der Waals surface area contributed by atoms with E-state index in [0.29, 0.717) is 27.5 Å². The number of amides is 1. The highest BCUT2D eigenvalue weighted by Crippen LogP contribution is 2.23. The van der Waals surface area contributed by atoms with Gasteiger partial charge < -0.3 is 9.47 Å². The molecular formula is C23H19ClN2O4. The number of nitrogens with zero attached hydrogens (tertiary/aromatic N) is 1. The molecule has 0 aliphatic rings. The van der Waals surface area contributed by atoms with Crippen molar-refractivity contribution >= 4 is 29.7 Å². The number of aryl methyl sites for hydroxylation is 1. The van der Waals surface area contributed by atoms with E-state index in [-0.39, 0.29) is 5.75 Å². The van der Waals surface area contributed by atoms with Gasteiger partial charge in [-0.2, -0.15) is 5.10 Å². The molecule has 0 aliphatic heterocycles. The summed E-state index contributed by atoms with van der Waals surface area (Å²) < 4.78 is 10.6. The van der Waals surface area contributed by atoms with E-state index in [1.807, 2.05) is 13.0 Å². The van der Waals surface area contributed by atoms with E-state index in [1.54, 1.807) is 67.8 Å². The summed E-state index contributed by atoms with van der Waals surface area (Å²) in [6.07, 6.45) is 1.37. The molecule has 0 saturated heterocycles. The highest BCUT2D eigenvalue weighted by molar-refractivity contribution is 6.31. The molecule has 0 aliphatic carbocycles. The maximum Gasteiger partial charge on any atom is 0.343 e. The van der Waals surface area contributed by atoms with E-state index < -0.39 is 11.9 Å². The van der Waals surface area contributed by atoms with Crippen molar-refractivity contribution in [2.24, 2.45) is 5.10 Å². The minimum Gasteiger partial charge on any atom is -0.497 e. The number of esters is 1. The number of rotatable bonds is 6. The molecule has 0 saturated carbocycles. The van der Waals surface area contributed by atoms with Crippen LogP contribution in [0, 0.1) is 6.92 Å². The zero-order valence-corrected chi connectivity index (χ0v) is 17.1. The number of hydrogen-bond donors (Lipinski definition) is 1. The van der Waals surface area contributed by atoms with Gasteiger partial charge in [-0.3, -0.25) is 4.79 Å². The fraction of sp³-hybridized carbons (Fsp3) is 0.0870. The zero-order valence-electron chi connectivity index (χ0n) is 16.4. The van der Waals surface area contributed by atoms with Crippen molar-refractivity contribution in [1.29, 1.82) is 0 Å². The first kappa shape index (κ1) is 21.1. The van der Waals surface area contributed by atoms with Crippen LogP contribution in [0.25, 0.3) is 0 Å². The highest BCUT2D eigenvalue weighted by Gasteiger charge is 2.12. The largest absolute Gasteiger partial charge is 0.497 e. The second-order valence-electron chi connectivity index (χ2n) is 6.37. The smallest absolute Gasteiger partial charge is 0.343 e. The topological polar surface area (TPSA) is 77.0 Å². The number of hydrazone groups is 1. The predicted octanol–water partition coefficient (Wildman–Crippen LogP) is 4.64. The van der Waals surface area contributed by atoms with Gasteiger partial charge >= 0.3 is 5.97 Å². The van der Waals surface area contributed by atoms with Gasteiger partial charge in [0.15, 0.2) is 0 Å². The van der Waals surface area contributed by atoms with Crippen molar-refractivity contribution in [1.82, 2.24) is 5.43 Å². The van der Waals surface area contributed by atoms with E-state index in [9.17, 15) is 9.59 Å². The molecule has 0 heterocycles. The number of carbonyl (C=O) groups excluding carboxylic acids is 2. The van der Waals surface area contributed by atoms with Crippen LogP contribution in [0.3, 0.4) is 0 Å². The third-order valence-electron chi connectivity index (χ3n) is 4.15. The van der Waals surface area contributed by atoms with Gasteiger partial charge in [0.05, 0.1) is 18.9 Å². The second-order valence-corrected chi connectivity index (χ2v) is 6.81. The zero-order chi connectivity index (χ0) is 21.5. The van der Waals surface area contributed by atoms with E-state index in [1.165, 1.54) is 6.21 Å². The van der Waals surface area contributed by atoms with Gasteiger partial charge in [0, 0.05) is 16.1 Å². The number of hydrogen-bond acceptors (Lipinski definition) is 5. The molecule has 1 amide bonds. The Morgan fingerprint density at radius 3 is 2.47 bits per heavy atom. The number of carbonyl (C=O) groups is 2. The Bertz CT molecular complexity index is 1090. The maximum atomic E-state index is 12.4. The molecule has 3 aromatic rings. The van der Waals surface area contributed by atoms with Crippen molar-refractivity contribution in [2.75, 3.05) is 7.11 Å². The molecule has 0 radical (unpaired) electrons. The van der Waals surface area contributed by atoms with Crippen molar-refractivity contribution in [3.63, 3.8) is 0 Å². The van der Waals surface area contributed by atoms with Crippen LogP contribution in [0.4, 0.5) is 0 Å². The van der Waals surface area contributed by atoms with Crippen LogP contribution in [0.1, 0.15) is 31.8 Å². The van der Waals surface area contributed by atoms with Crippen LogP contribution in [0.5, 0.6) is 11.5 Å². The summed E-state index contributed by atoms with van der Waals surface area (Å²) in [6, 6.07) is 18.5. The van der Waals surface area contributed by atoms with Crippen LogP contribution in [-0.2, 0) is 0 Å². The number of benzene rings is 3. The average molecular weight is 423 g/mol. The third kappa shape index (κ3) is 5.46. The minimum atomic E-state index is -0.502. The molecule has 30 heavy (non-hydrogen) atoms. The Balaban J connectivity index is 1.72. The molecule has 0 fully saturated rings. The molecule has 0 atom stereocenters. The van der Waals surface area contributed by atoms with Crippen LogP contribution in [0.15, 0.2) is 71.8 Å². The van der Waals surface area contributed by atoms with Gasteiger partial charge in [-0.1, -0.05) is 29.3 Å². The molecule has 3 rings (SSSR count). The molecule has 0 aromatic heterocycles. The first-order valence-electron chi connectivity index (χ1n) is 9.02. The summed E-state index contributed by atoms with van der Waals surface area (Å²) in [7, 11) is 1.55. The van der Waals surface area contributed by atoms with Gasteiger partial charge in [0.25, 0.3) is 5.91 Å². The first-order valence-corrected chi connectivity index (χ1v) is 9.40. The molecule has 6 nitrogen and oxygen atoms in total. The van der Waals surface area contributed by atoms with Crippen molar-refractivity contribution in [2.45, 2.75) is 6.92 Å². The van der Waals surface area contributed by atoms with Gasteiger partial charge in [-0.25, -0.2) is 10.2 Å². The lowest BCUT2D eigenvalue weighted by Crippen LogP contribution is -2.17. The van der Waals surface area contributed by atoms with Gasteiger partial charge in [-0.15, -0.1) is 0 Å². The van der Waals surface area contributed by atoms with E-state index in [0.717, 1.165) is 5.56 Å². The molecular weight excluding hydrogens is 404 g/mol. The monoisotopic (exact) mass is 422 g/mol. The summed E-state index contributed by atoms with van der Waals surface area (Å²) in [5.74, 6) is 0.0228. The molecule has 1 N–H and O–H groups in total. The molecule has 0 unspecified atom stereocenters. The van der Waals surface area contributed by atoms with E-state index in [4.69, 9.17) is 21.1 Å². The predicted molar refractivity (Wildman–Crippen MR) is 116 cm³/mol. The standard InChI is InChI=1S/C23H19ClN2O4/c1-15-4-3-5-17(12-15)23(28)30-21-11-8-19(24)13-18(21)14-25-26-22(27)16-6-9-20(29-2)10-7-16/h3-14H,1-2H3,(H,26,27)/b25-14+. The molecule has 0 bridgehead atoms. The summed E-state index contributed by atoms with van der Waals surface area (Å²) in [4.78, 5) is 24.6. The molecule has 152 valence electrons. The second kappa shape index (κ2) is 9.71. The van der Waals surface area contributed by atoms with Crippen LogP contribution < -0.4 is 14.9 Å². The van der Waals surface area contributed by atoms with Crippen LogP contribution >= 0.6 is 11.6 Å². The Hall–Kier alpha value is -3.64. The SMILES string of the molecule is COc1ccc(C(=O)N/N=C/c2cc(Cl)ccc2OC(=O)c2cccc(C)c2)cc1. The van der Waals surface area contributed by atoms with Gasteiger partial charge in [0.2, 0.25) is 0 Å². The summed E-state index contributed by atoms with van der Waals surface area (Å²) in [5.41, 5.74) is 4.67. The lowest BCUT2D eigenvalue weighted by molar-refractivity contribution is 0.0734. The Morgan fingerprint density at radius 2 is 1.77 bits per heavy atom. The van der Waals surface area contributed by atoms with Crippen molar-refractivity contribution in [3.8, 4) is 11.5 Å². The lowest BCUT2D eigenvalue weighted by atomic mass is 10.1. The Morgan fingerprint density at radius 1 is 1.00 bits per heavy atom. The Labute approximate surface area is 179 Å². The minimum absolute atomic E-state index is 0.272. The summed E-state index contributed by atoms with van der Waals surface area (Å²) in [5, 5.41) is 4.39. The number of halogens is 1. The number of ether oxygens (including phenoxy) is 2. The van der Waals surface area contributed by atoms with Crippen LogP contribution in [-0.4, -0.2) is 25.2 Å². The maximum absolute atomic E-state index is 12.4. The fourth-order valence-electron chi connectivity index (χ4n) is 2.61. The molecule has 7 heteroatoms. The summed E-state index contributed by atoms with van der Waals surface area (Å²) in [6.45, 7) is 1.89. The molecule has 3 aromatic carbocycles. The van der Waals surface area contributed by atoms with Crippen molar-refractivity contribution in [3.05, 3.63) is 94.0 Å². The quantitative estimate of drug-likeness (QED) is 0.272. The van der Waals surface area contributed by atoms with E-state index >= 15 is 0 Å². The van der Waals surface area contributed by atoms with Crippen LogP contribution in [0.2, 0.25) is 5.02 Å².